The molecule has 0 saturated carbocycles. The van der Waals surface area contributed by atoms with E-state index in [2.05, 4.69) is 4.98 Å². The fraction of sp³-hybridized carbons (Fsp3) is 0.211. The summed E-state index contributed by atoms with van der Waals surface area (Å²) in [6, 6.07) is 8.86. The second-order valence-corrected chi connectivity index (χ2v) is 5.98. The minimum absolute atomic E-state index is 0.202. The Morgan fingerprint density at radius 2 is 2.00 bits per heavy atom. The maximum Gasteiger partial charge on any atom is 0.252 e. The average Bonchev–Trinajstić information content (AvgIpc) is 2.95. The van der Waals surface area contributed by atoms with Crippen LogP contribution in [0.1, 0.15) is 40.2 Å². The maximum atomic E-state index is 11.9. The number of fused-ring (bicyclic) bond motifs is 1. The molecule has 0 aliphatic carbocycles. The minimum atomic E-state index is -0.701. The highest BCUT2D eigenvalue weighted by molar-refractivity contribution is 6.09. The van der Waals surface area contributed by atoms with Crippen molar-refractivity contribution in [2.45, 2.75) is 26.4 Å². The van der Waals surface area contributed by atoms with Gasteiger partial charge < -0.3 is 20.6 Å². The number of rotatable bonds is 6. The summed E-state index contributed by atoms with van der Waals surface area (Å²) in [5.74, 6) is -1.08. The quantitative estimate of drug-likeness (QED) is 0.705. The normalized spacial score (nSPS) is 12.1. The number of carbonyl (C=O) groups excluding carboxylic acids is 2. The van der Waals surface area contributed by atoms with E-state index in [1.54, 1.807) is 32.2 Å². The highest BCUT2D eigenvalue weighted by atomic mass is 16.5. The highest BCUT2D eigenvalue weighted by Crippen LogP contribution is 2.38. The first-order chi connectivity index (χ1) is 12.4. The number of furan rings is 1. The monoisotopic (exact) mass is 353 g/mol. The summed E-state index contributed by atoms with van der Waals surface area (Å²) < 4.78 is 11.5. The van der Waals surface area contributed by atoms with Crippen LogP contribution in [0.4, 0.5) is 0 Å². The summed E-state index contributed by atoms with van der Waals surface area (Å²) in [6.45, 7) is 3.50. The highest BCUT2D eigenvalue weighted by Gasteiger charge is 2.27. The van der Waals surface area contributed by atoms with Gasteiger partial charge in [-0.25, -0.2) is 0 Å². The molecular weight excluding hydrogens is 334 g/mol. The molecule has 2 aromatic heterocycles. The van der Waals surface area contributed by atoms with Crippen LogP contribution in [0.5, 0.6) is 5.75 Å². The lowest BCUT2D eigenvalue weighted by atomic mass is 9.93. The number of nitrogens with zero attached hydrogens (tertiary/aromatic N) is 1. The van der Waals surface area contributed by atoms with Gasteiger partial charge in [0.15, 0.2) is 0 Å². The largest absolute Gasteiger partial charge is 0.487 e. The lowest BCUT2D eigenvalue weighted by molar-refractivity contribution is -0.119. The van der Waals surface area contributed by atoms with Gasteiger partial charge in [-0.1, -0.05) is 6.07 Å². The molecule has 1 aromatic carbocycles. The molecule has 1 unspecified atom stereocenters. The van der Waals surface area contributed by atoms with E-state index >= 15 is 0 Å². The SMILES string of the molecule is Cc1oc2ccc(OCc3ccccn3)c(C(C)C(N)=O)c2c1C(N)=O. The second-order valence-electron chi connectivity index (χ2n) is 5.98. The van der Waals surface area contributed by atoms with Gasteiger partial charge in [0.1, 0.15) is 23.7 Å². The number of nitrogens with two attached hydrogens (primary N) is 2. The van der Waals surface area contributed by atoms with E-state index < -0.39 is 17.7 Å². The lowest BCUT2D eigenvalue weighted by Gasteiger charge is -2.16. The molecule has 1 atom stereocenters. The number of primary amides is 2. The van der Waals surface area contributed by atoms with Crippen molar-refractivity contribution >= 4 is 22.8 Å². The number of hydrogen-bond donors (Lipinski definition) is 2. The first-order valence-electron chi connectivity index (χ1n) is 8.08. The molecule has 0 fully saturated rings. The second kappa shape index (κ2) is 6.87. The molecule has 2 amide bonds. The maximum absolute atomic E-state index is 11.9. The number of ether oxygens (including phenoxy) is 1. The van der Waals surface area contributed by atoms with Gasteiger partial charge in [0, 0.05) is 17.1 Å². The predicted octanol–water partition coefficient (Wildman–Crippen LogP) is 2.40. The van der Waals surface area contributed by atoms with Crippen LogP contribution < -0.4 is 16.2 Å². The van der Waals surface area contributed by atoms with Crippen LogP contribution in [0.3, 0.4) is 0 Å². The topological polar surface area (TPSA) is 121 Å². The Morgan fingerprint density at radius 1 is 1.23 bits per heavy atom. The van der Waals surface area contributed by atoms with Gasteiger partial charge in [-0.2, -0.15) is 0 Å². The van der Waals surface area contributed by atoms with Crippen LogP contribution in [0.15, 0.2) is 40.9 Å². The molecule has 3 rings (SSSR count). The molecule has 0 saturated heterocycles. The van der Waals surface area contributed by atoms with E-state index in [4.69, 9.17) is 20.6 Å². The van der Waals surface area contributed by atoms with Crippen molar-refractivity contribution in [1.82, 2.24) is 4.98 Å². The van der Waals surface area contributed by atoms with Crippen molar-refractivity contribution < 1.29 is 18.7 Å². The van der Waals surface area contributed by atoms with Crippen molar-refractivity contribution in [3.63, 3.8) is 0 Å². The molecule has 0 bridgehead atoms. The number of pyridine rings is 1. The van der Waals surface area contributed by atoms with E-state index in [1.165, 1.54) is 0 Å². The molecular formula is C19H19N3O4. The molecule has 3 aromatic rings. The van der Waals surface area contributed by atoms with Crippen molar-refractivity contribution in [1.29, 1.82) is 0 Å². The van der Waals surface area contributed by atoms with Crippen LogP contribution in [-0.2, 0) is 11.4 Å². The number of aryl methyl sites for hydroxylation is 1. The van der Waals surface area contributed by atoms with Gasteiger partial charge in [0.25, 0.3) is 5.91 Å². The van der Waals surface area contributed by atoms with Crippen molar-refractivity contribution in [3.8, 4) is 5.75 Å². The molecule has 4 N–H and O–H groups in total. The molecule has 2 heterocycles. The van der Waals surface area contributed by atoms with Gasteiger partial charge in [-0.15, -0.1) is 0 Å². The van der Waals surface area contributed by atoms with E-state index in [0.29, 0.717) is 28.0 Å². The number of carbonyl (C=O) groups is 2. The Balaban J connectivity index is 2.15. The summed E-state index contributed by atoms with van der Waals surface area (Å²) in [4.78, 5) is 28.0. The first kappa shape index (κ1) is 17.5. The van der Waals surface area contributed by atoms with Gasteiger partial charge in [-0.05, 0) is 38.1 Å². The molecule has 134 valence electrons. The summed E-state index contributed by atoms with van der Waals surface area (Å²) in [7, 11) is 0. The number of aromatic nitrogens is 1. The van der Waals surface area contributed by atoms with Crippen molar-refractivity contribution in [2.24, 2.45) is 11.5 Å². The van der Waals surface area contributed by atoms with Crippen molar-refractivity contribution in [3.05, 3.63) is 59.1 Å². The third-order valence-corrected chi connectivity index (χ3v) is 4.24. The van der Waals surface area contributed by atoms with E-state index in [-0.39, 0.29) is 12.2 Å². The molecule has 0 aliphatic heterocycles. The summed E-state index contributed by atoms with van der Waals surface area (Å²) in [5.41, 5.74) is 12.9. The number of hydrogen-bond acceptors (Lipinski definition) is 5. The molecule has 0 aliphatic rings. The third kappa shape index (κ3) is 3.11. The zero-order chi connectivity index (χ0) is 18.8. The van der Waals surface area contributed by atoms with E-state index in [1.807, 2.05) is 18.2 Å². The molecule has 0 spiro atoms. The fourth-order valence-corrected chi connectivity index (χ4v) is 2.95. The Hall–Kier alpha value is -3.35. The van der Waals surface area contributed by atoms with Crippen molar-refractivity contribution in [2.75, 3.05) is 0 Å². The summed E-state index contributed by atoms with van der Waals surface area (Å²) >= 11 is 0. The predicted molar refractivity (Wildman–Crippen MR) is 95.6 cm³/mol. The molecule has 7 nitrogen and oxygen atoms in total. The smallest absolute Gasteiger partial charge is 0.252 e. The summed E-state index contributed by atoms with van der Waals surface area (Å²) in [5, 5.41) is 0.458. The van der Waals surface area contributed by atoms with Crippen LogP contribution >= 0.6 is 0 Å². The first-order valence-corrected chi connectivity index (χ1v) is 8.08. The number of amides is 2. The molecule has 26 heavy (non-hydrogen) atoms. The van der Waals surface area contributed by atoms with Crippen LogP contribution in [0, 0.1) is 6.92 Å². The zero-order valence-electron chi connectivity index (χ0n) is 14.5. The average molecular weight is 353 g/mol. The van der Waals surface area contributed by atoms with Gasteiger partial charge in [-0.3, -0.25) is 14.6 Å². The van der Waals surface area contributed by atoms with E-state index in [9.17, 15) is 9.59 Å². The standard InChI is InChI=1S/C19H19N3O4/c1-10(18(20)23)15-13(25-9-12-5-3-4-8-22-12)6-7-14-17(15)16(19(21)24)11(2)26-14/h3-8,10H,9H2,1-2H3,(H2,20,23)(H2,21,24). The fourth-order valence-electron chi connectivity index (χ4n) is 2.95. The van der Waals surface area contributed by atoms with Crippen LogP contribution in [0.2, 0.25) is 0 Å². The van der Waals surface area contributed by atoms with Crippen LogP contribution in [-0.4, -0.2) is 16.8 Å². The zero-order valence-corrected chi connectivity index (χ0v) is 14.5. The Bertz CT molecular complexity index is 979. The van der Waals surface area contributed by atoms with Gasteiger partial charge in [0.2, 0.25) is 5.91 Å². The Kier molecular flexibility index (Phi) is 4.62. The molecule has 7 heteroatoms. The lowest BCUT2D eigenvalue weighted by Crippen LogP contribution is -2.20. The van der Waals surface area contributed by atoms with E-state index in [0.717, 1.165) is 5.69 Å². The Labute approximate surface area is 149 Å². The minimum Gasteiger partial charge on any atom is -0.487 e. The Morgan fingerprint density at radius 3 is 2.62 bits per heavy atom. The number of benzene rings is 1. The summed E-state index contributed by atoms with van der Waals surface area (Å²) in [6.07, 6.45) is 1.67. The van der Waals surface area contributed by atoms with Gasteiger partial charge in [0.05, 0.1) is 17.2 Å². The van der Waals surface area contributed by atoms with Crippen LogP contribution in [0.25, 0.3) is 11.0 Å². The van der Waals surface area contributed by atoms with Gasteiger partial charge >= 0.3 is 0 Å². The molecule has 0 radical (unpaired) electrons. The third-order valence-electron chi connectivity index (χ3n) is 4.24.